The Kier molecular flexibility index (Phi) is 7.57. The second-order valence-electron chi connectivity index (χ2n) is 8.68. The lowest BCUT2D eigenvalue weighted by Gasteiger charge is -2.32. The number of ether oxygens (including phenoxy) is 1. The summed E-state index contributed by atoms with van der Waals surface area (Å²) in [5.41, 5.74) is 0.561. The maximum atomic E-state index is 14.2. The first-order chi connectivity index (χ1) is 15.6. The predicted molar refractivity (Wildman–Crippen MR) is 125 cm³/mol. The standard InChI is InChI=1S/C23H34FN7O/c1-31(18-11-13-25-14-12-18)23-29-21(26-16-7-5-3-4-6-8-16)28-22(30-23)27-17-9-10-20(32-2)19(24)15-17/h9-10,15-16,18,25H,3-8,11-14H2,1-2H3,(H2,26,27,28,29,30). The molecule has 2 aliphatic rings. The molecule has 4 rings (SSSR count). The molecule has 3 N–H and O–H groups in total. The Morgan fingerprint density at radius 1 is 1.00 bits per heavy atom. The Morgan fingerprint density at radius 3 is 2.41 bits per heavy atom. The summed E-state index contributed by atoms with van der Waals surface area (Å²) in [6.07, 6.45) is 9.35. The van der Waals surface area contributed by atoms with Crippen LogP contribution in [0.3, 0.4) is 0 Å². The van der Waals surface area contributed by atoms with E-state index in [0.29, 0.717) is 35.6 Å². The van der Waals surface area contributed by atoms with Crippen LogP contribution >= 0.6 is 0 Å². The molecule has 1 aromatic carbocycles. The summed E-state index contributed by atoms with van der Waals surface area (Å²) in [6, 6.07) is 5.46. The summed E-state index contributed by atoms with van der Waals surface area (Å²) in [7, 11) is 3.49. The number of anilines is 4. The highest BCUT2D eigenvalue weighted by molar-refractivity contribution is 5.57. The van der Waals surface area contributed by atoms with Gasteiger partial charge in [0.05, 0.1) is 7.11 Å². The molecule has 8 nitrogen and oxygen atoms in total. The molecule has 2 aromatic rings. The molecule has 0 bridgehead atoms. The molecule has 1 saturated carbocycles. The van der Waals surface area contributed by atoms with Crippen LogP contribution in [0.2, 0.25) is 0 Å². The molecule has 0 atom stereocenters. The van der Waals surface area contributed by atoms with Crippen molar-refractivity contribution in [2.24, 2.45) is 0 Å². The van der Waals surface area contributed by atoms with Crippen molar-refractivity contribution >= 4 is 23.5 Å². The molecule has 2 heterocycles. The normalized spacial score (nSPS) is 18.1. The van der Waals surface area contributed by atoms with Crippen molar-refractivity contribution < 1.29 is 9.13 Å². The van der Waals surface area contributed by atoms with E-state index in [1.807, 2.05) is 7.05 Å². The van der Waals surface area contributed by atoms with Gasteiger partial charge in [0, 0.05) is 30.9 Å². The molecule has 1 aliphatic carbocycles. The lowest BCUT2D eigenvalue weighted by Crippen LogP contribution is -2.42. The Labute approximate surface area is 189 Å². The molecule has 174 valence electrons. The average molecular weight is 444 g/mol. The van der Waals surface area contributed by atoms with E-state index < -0.39 is 5.82 Å². The Bertz CT molecular complexity index is 883. The first kappa shape index (κ1) is 22.5. The minimum Gasteiger partial charge on any atom is -0.494 e. The summed E-state index contributed by atoms with van der Waals surface area (Å²) in [4.78, 5) is 16.2. The van der Waals surface area contributed by atoms with Crippen LogP contribution in [0.15, 0.2) is 18.2 Å². The Hall–Kier alpha value is -2.68. The van der Waals surface area contributed by atoms with Crippen LogP contribution in [-0.2, 0) is 0 Å². The van der Waals surface area contributed by atoms with E-state index in [1.54, 1.807) is 12.1 Å². The highest BCUT2D eigenvalue weighted by Gasteiger charge is 2.22. The monoisotopic (exact) mass is 443 g/mol. The van der Waals surface area contributed by atoms with Crippen LogP contribution in [0.4, 0.5) is 27.9 Å². The zero-order valence-electron chi connectivity index (χ0n) is 19.0. The molecular weight excluding hydrogens is 409 g/mol. The number of nitrogens with one attached hydrogen (secondary N) is 3. The quantitative estimate of drug-likeness (QED) is 0.552. The molecule has 1 saturated heterocycles. The van der Waals surface area contributed by atoms with Gasteiger partial charge >= 0.3 is 0 Å². The number of halogens is 1. The summed E-state index contributed by atoms with van der Waals surface area (Å²) >= 11 is 0. The summed E-state index contributed by atoms with van der Waals surface area (Å²) in [6.45, 7) is 1.98. The van der Waals surface area contributed by atoms with Gasteiger partial charge in [0.25, 0.3) is 0 Å². The number of benzene rings is 1. The van der Waals surface area contributed by atoms with Gasteiger partial charge < -0.3 is 25.6 Å². The zero-order valence-corrected chi connectivity index (χ0v) is 19.0. The van der Waals surface area contributed by atoms with Crippen LogP contribution in [-0.4, -0.2) is 54.3 Å². The lowest BCUT2D eigenvalue weighted by molar-refractivity contribution is 0.386. The highest BCUT2D eigenvalue weighted by atomic mass is 19.1. The third-order valence-corrected chi connectivity index (χ3v) is 6.39. The van der Waals surface area contributed by atoms with Crippen LogP contribution in [0.25, 0.3) is 0 Å². The van der Waals surface area contributed by atoms with Gasteiger partial charge in [-0.25, -0.2) is 4.39 Å². The van der Waals surface area contributed by atoms with Crippen LogP contribution in [0.1, 0.15) is 51.4 Å². The summed E-state index contributed by atoms with van der Waals surface area (Å²) < 4.78 is 19.2. The van der Waals surface area contributed by atoms with Crippen molar-refractivity contribution in [1.82, 2.24) is 20.3 Å². The number of hydrogen-bond acceptors (Lipinski definition) is 8. The summed E-state index contributed by atoms with van der Waals surface area (Å²) in [5, 5.41) is 10.1. The van der Waals surface area contributed by atoms with Crippen molar-refractivity contribution in [1.29, 1.82) is 0 Å². The van der Waals surface area contributed by atoms with Gasteiger partial charge in [0.1, 0.15) is 0 Å². The highest BCUT2D eigenvalue weighted by Crippen LogP contribution is 2.26. The number of methoxy groups -OCH3 is 1. The van der Waals surface area contributed by atoms with E-state index >= 15 is 0 Å². The number of hydrogen-bond donors (Lipinski definition) is 3. The van der Waals surface area contributed by atoms with Gasteiger partial charge in [0.2, 0.25) is 17.8 Å². The van der Waals surface area contributed by atoms with Crippen molar-refractivity contribution in [3.05, 3.63) is 24.0 Å². The Morgan fingerprint density at radius 2 is 1.72 bits per heavy atom. The molecule has 9 heteroatoms. The second kappa shape index (κ2) is 10.8. The minimum absolute atomic E-state index is 0.202. The zero-order chi connectivity index (χ0) is 22.3. The molecule has 1 aliphatic heterocycles. The molecule has 1 aromatic heterocycles. The fraction of sp³-hybridized carbons (Fsp3) is 0.609. The second-order valence-corrected chi connectivity index (χ2v) is 8.68. The van der Waals surface area contributed by atoms with E-state index in [1.165, 1.54) is 38.9 Å². The van der Waals surface area contributed by atoms with E-state index in [4.69, 9.17) is 9.72 Å². The number of piperidine rings is 1. The first-order valence-electron chi connectivity index (χ1n) is 11.7. The maximum Gasteiger partial charge on any atom is 0.233 e. The van der Waals surface area contributed by atoms with Gasteiger partial charge in [-0.1, -0.05) is 25.7 Å². The van der Waals surface area contributed by atoms with Crippen molar-refractivity contribution in [3.8, 4) is 5.75 Å². The molecule has 0 unspecified atom stereocenters. The predicted octanol–water partition coefficient (Wildman–Crippen LogP) is 4.09. The fourth-order valence-electron chi connectivity index (χ4n) is 4.48. The fourth-order valence-corrected chi connectivity index (χ4v) is 4.48. The van der Waals surface area contributed by atoms with E-state index in [9.17, 15) is 4.39 Å². The van der Waals surface area contributed by atoms with Crippen LogP contribution in [0.5, 0.6) is 5.75 Å². The number of rotatable bonds is 7. The minimum atomic E-state index is -0.435. The van der Waals surface area contributed by atoms with E-state index in [2.05, 4.69) is 30.8 Å². The third-order valence-electron chi connectivity index (χ3n) is 6.39. The third kappa shape index (κ3) is 5.76. The van der Waals surface area contributed by atoms with E-state index in [0.717, 1.165) is 38.8 Å². The first-order valence-corrected chi connectivity index (χ1v) is 11.7. The van der Waals surface area contributed by atoms with Crippen molar-refractivity contribution in [2.75, 3.05) is 42.8 Å². The number of aromatic nitrogens is 3. The van der Waals surface area contributed by atoms with Crippen LogP contribution < -0.4 is 25.6 Å². The molecule has 0 radical (unpaired) electrons. The smallest absolute Gasteiger partial charge is 0.233 e. The van der Waals surface area contributed by atoms with Gasteiger partial charge in [-0.15, -0.1) is 0 Å². The molecule has 0 spiro atoms. The lowest BCUT2D eigenvalue weighted by atomic mass is 10.1. The summed E-state index contributed by atoms with van der Waals surface area (Å²) in [5.74, 6) is 1.36. The van der Waals surface area contributed by atoms with Crippen molar-refractivity contribution in [2.45, 2.75) is 63.5 Å². The van der Waals surface area contributed by atoms with Gasteiger partial charge in [-0.2, -0.15) is 15.0 Å². The van der Waals surface area contributed by atoms with Gasteiger partial charge in [-0.05, 0) is 50.9 Å². The van der Waals surface area contributed by atoms with Crippen LogP contribution in [0, 0.1) is 5.82 Å². The Balaban J connectivity index is 1.59. The topological polar surface area (TPSA) is 87.2 Å². The van der Waals surface area contributed by atoms with Crippen molar-refractivity contribution in [3.63, 3.8) is 0 Å². The maximum absolute atomic E-state index is 14.2. The molecule has 0 amide bonds. The van der Waals surface area contributed by atoms with Gasteiger partial charge in [0.15, 0.2) is 11.6 Å². The van der Waals surface area contributed by atoms with Gasteiger partial charge in [-0.3, -0.25) is 0 Å². The number of nitrogens with zero attached hydrogens (tertiary/aromatic N) is 4. The van der Waals surface area contributed by atoms with E-state index in [-0.39, 0.29) is 5.75 Å². The SMILES string of the molecule is COc1ccc(Nc2nc(NC3CCCCCC3)nc(N(C)C3CCNCC3)n2)cc1F. The molecule has 2 fully saturated rings. The largest absolute Gasteiger partial charge is 0.494 e. The average Bonchev–Trinajstić information content (AvgIpc) is 3.08. The molecule has 32 heavy (non-hydrogen) atoms. The molecular formula is C23H34FN7O.